The fraction of sp³-hybridized carbons (Fsp3) is 0.222. The van der Waals surface area contributed by atoms with Gasteiger partial charge in [-0.3, -0.25) is 9.71 Å². The van der Waals surface area contributed by atoms with Crippen molar-refractivity contribution in [1.29, 1.82) is 0 Å². The average Bonchev–Trinajstić information content (AvgIpc) is 2.90. The van der Waals surface area contributed by atoms with Gasteiger partial charge in [0.15, 0.2) is 0 Å². The number of aliphatic imine (C=N–C) groups is 1. The number of rotatable bonds is 12. The fourth-order valence-corrected chi connectivity index (χ4v) is 4.12. The molecule has 1 aromatic carbocycles. The summed E-state index contributed by atoms with van der Waals surface area (Å²) in [5, 5.41) is 0. The summed E-state index contributed by atoms with van der Waals surface area (Å²) in [5.74, 6) is -2.97. The highest BCUT2D eigenvalue weighted by Crippen LogP contribution is 2.32. The van der Waals surface area contributed by atoms with Gasteiger partial charge in [0.2, 0.25) is 11.8 Å². The number of pyridine rings is 2. The number of nitrogens with zero attached hydrogens (tertiary/aromatic N) is 3. The molecule has 2 aromatic heterocycles. The van der Waals surface area contributed by atoms with Crippen molar-refractivity contribution in [3.63, 3.8) is 0 Å². The lowest BCUT2D eigenvalue weighted by Crippen LogP contribution is -2.23. The average molecular weight is 617 g/mol. The third-order valence-corrected chi connectivity index (χ3v) is 6.11. The van der Waals surface area contributed by atoms with Crippen molar-refractivity contribution in [2.75, 3.05) is 17.1 Å². The number of hydrogen-bond donors (Lipinski definition) is 1. The first kappa shape index (κ1) is 32.2. The van der Waals surface area contributed by atoms with Crippen molar-refractivity contribution in [2.24, 2.45) is 4.99 Å². The van der Waals surface area contributed by atoms with Crippen LogP contribution in [0.25, 0.3) is 11.3 Å². The lowest BCUT2D eigenvalue weighted by atomic mass is 10.1. The zero-order valence-electron chi connectivity index (χ0n) is 21.8. The monoisotopic (exact) mass is 616 g/mol. The second-order valence-corrected chi connectivity index (χ2v) is 9.53. The van der Waals surface area contributed by atoms with Crippen LogP contribution in [-0.4, -0.2) is 38.4 Å². The highest BCUT2D eigenvalue weighted by molar-refractivity contribution is 7.86. The predicted molar refractivity (Wildman–Crippen MR) is 144 cm³/mol. The Balaban J connectivity index is 1.90. The molecule has 0 aliphatic carbocycles. The maximum absolute atomic E-state index is 14.8. The Labute approximate surface area is 238 Å². The van der Waals surface area contributed by atoms with E-state index in [1.807, 2.05) is 0 Å². The SMILES string of the molecule is C=CN=C(/C=C\C)COc1ncc(-c2nc(OCc3cccc(C(F)(F)F)c3)ccc2F)cc1NS(=O)CC(F)(F)F. The molecular weight excluding hydrogens is 593 g/mol. The maximum atomic E-state index is 14.8. The number of alkyl halides is 6. The van der Waals surface area contributed by atoms with Crippen LogP contribution in [0.15, 0.2) is 78.6 Å². The number of allylic oxidation sites excluding steroid dienone is 1. The van der Waals surface area contributed by atoms with Gasteiger partial charge >= 0.3 is 12.4 Å². The first-order valence-corrected chi connectivity index (χ1v) is 13.2. The summed E-state index contributed by atoms with van der Waals surface area (Å²) in [6.45, 7) is 4.70. The molecule has 0 radical (unpaired) electrons. The zero-order chi connectivity index (χ0) is 30.9. The van der Waals surface area contributed by atoms with E-state index in [9.17, 15) is 34.9 Å². The minimum atomic E-state index is -4.75. The van der Waals surface area contributed by atoms with Crippen LogP contribution < -0.4 is 14.2 Å². The second kappa shape index (κ2) is 14.1. The number of aromatic nitrogens is 2. The summed E-state index contributed by atoms with van der Waals surface area (Å²) < 4.78 is 118. The molecule has 0 aliphatic rings. The topological polar surface area (TPSA) is 85.7 Å². The van der Waals surface area contributed by atoms with E-state index < -0.39 is 40.5 Å². The number of anilines is 1. The third-order valence-electron chi connectivity index (χ3n) is 5.08. The van der Waals surface area contributed by atoms with Gasteiger partial charge in [0, 0.05) is 24.0 Å². The molecule has 15 heteroatoms. The number of nitrogens with one attached hydrogen (secondary N) is 1. The van der Waals surface area contributed by atoms with E-state index in [1.54, 1.807) is 19.1 Å². The quantitative estimate of drug-likeness (QED) is 0.174. The van der Waals surface area contributed by atoms with E-state index in [0.717, 1.165) is 36.5 Å². The number of halogens is 7. The van der Waals surface area contributed by atoms with Crippen molar-refractivity contribution in [3.05, 3.63) is 90.5 Å². The molecule has 0 bridgehead atoms. The van der Waals surface area contributed by atoms with Crippen LogP contribution >= 0.6 is 0 Å². The van der Waals surface area contributed by atoms with E-state index in [0.29, 0.717) is 5.71 Å². The van der Waals surface area contributed by atoms with E-state index in [-0.39, 0.29) is 47.5 Å². The minimum absolute atomic E-state index is 0.0516. The van der Waals surface area contributed by atoms with Crippen LogP contribution in [0.1, 0.15) is 18.1 Å². The molecule has 0 amide bonds. The van der Waals surface area contributed by atoms with E-state index >= 15 is 0 Å². The standard InChI is InChI=1S/C27H23F7N4O3S/c1-3-6-20(35-4-2)15-41-25-22(38-42(39)16-26(29,30)31)12-18(13-36-25)24-21(28)9-10-23(37-24)40-14-17-7-5-8-19(11-17)27(32,33)34/h3-13,38H,2,14-16H2,1H3/b6-3-,35-20?. The number of benzene rings is 1. The number of hydrogen-bond acceptors (Lipinski definition) is 6. The van der Waals surface area contributed by atoms with Gasteiger partial charge in [0.05, 0.1) is 11.3 Å². The Bertz CT molecular complexity index is 1490. The van der Waals surface area contributed by atoms with Crippen molar-refractivity contribution < 1.29 is 44.4 Å². The van der Waals surface area contributed by atoms with Crippen molar-refractivity contribution >= 4 is 22.4 Å². The molecule has 2 heterocycles. The summed E-state index contributed by atoms with van der Waals surface area (Å²) in [4.78, 5) is 12.1. The first-order valence-electron chi connectivity index (χ1n) is 11.9. The van der Waals surface area contributed by atoms with Gasteiger partial charge in [-0.2, -0.15) is 26.3 Å². The van der Waals surface area contributed by atoms with Gasteiger partial charge in [-0.1, -0.05) is 24.8 Å². The van der Waals surface area contributed by atoms with Crippen molar-refractivity contribution in [3.8, 4) is 23.0 Å². The molecule has 0 aliphatic heterocycles. The van der Waals surface area contributed by atoms with E-state index in [4.69, 9.17) is 9.47 Å². The Morgan fingerprint density at radius 2 is 1.88 bits per heavy atom. The molecule has 0 saturated heterocycles. The van der Waals surface area contributed by atoms with E-state index in [1.165, 1.54) is 18.3 Å². The van der Waals surface area contributed by atoms with E-state index in [2.05, 4.69) is 26.3 Å². The van der Waals surface area contributed by atoms with Crippen LogP contribution in [0.4, 0.5) is 36.4 Å². The summed E-state index contributed by atoms with van der Waals surface area (Å²) in [6.07, 6.45) is -3.68. The summed E-state index contributed by atoms with van der Waals surface area (Å²) in [5.41, 5.74) is -0.964. The summed E-state index contributed by atoms with van der Waals surface area (Å²) >= 11 is 0. The molecule has 1 N–H and O–H groups in total. The van der Waals surface area contributed by atoms with Gasteiger partial charge in [0.25, 0.3) is 0 Å². The number of ether oxygens (including phenoxy) is 2. The molecule has 0 spiro atoms. The fourth-order valence-electron chi connectivity index (χ4n) is 3.36. The van der Waals surface area contributed by atoms with Crippen LogP contribution in [0, 0.1) is 5.82 Å². The minimum Gasteiger partial charge on any atom is -0.473 e. The summed E-state index contributed by atoms with van der Waals surface area (Å²) in [7, 11) is -2.65. The van der Waals surface area contributed by atoms with Gasteiger partial charge < -0.3 is 9.47 Å². The molecule has 42 heavy (non-hydrogen) atoms. The molecule has 3 rings (SSSR count). The molecule has 7 nitrogen and oxygen atoms in total. The third kappa shape index (κ3) is 9.68. The van der Waals surface area contributed by atoms with Gasteiger partial charge in [0.1, 0.15) is 47.2 Å². The van der Waals surface area contributed by atoms with Crippen LogP contribution in [0.3, 0.4) is 0 Å². The van der Waals surface area contributed by atoms with Crippen LogP contribution in [0.5, 0.6) is 11.8 Å². The Morgan fingerprint density at radius 3 is 2.55 bits per heavy atom. The largest absolute Gasteiger partial charge is 0.473 e. The highest BCUT2D eigenvalue weighted by atomic mass is 32.2. The van der Waals surface area contributed by atoms with Crippen molar-refractivity contribution in [2.45, 2.75) is 25.9 Å². The van der Waals surface area contributed by atoms with Crippen LogP contribution in [-0.2, 0) is 23.8 Å². The van der Waals surface area contributed by atoms with Crippen molar-refractivity contribution in [1.82, 2.24) is 9.97 Å². The Kier molecular flexibility index (Phi) is 10.8. The van der Waals surface area contributed by atoms with Gasteiger partial charge in [-0.15, -0.1) is 0 Å². The normalized spacial score (nSPS) is 13.2. The van der Waals surface area contributed by atoms with Gasteiger partial charge in [-0.05, 0) is 42.8 Å². The maximum Gasteiger partial charge on any atom is 0.416 e. The Morgan fingerprint density at radius 1 is 1.12 bits per heavy atom. The molecule has 0 fully saturated rings. The second-order valence-electron chi connectivity index (χ2n) is 8.34. The Hall–Kier alpha value is -4.27. The predicted octanol–water partition coefficient (Wildman–Crippen LogP) is 7.06. The zero-order valence-corrected chi connectivity index (χ0v) is 22.6. The molecule has 1 atom stereocenters. The first-order chi connectivity index (χ1) is 19.8. The smallest absolute Gasteiger partial charge is 0.416 e. The molecule has 3 aromatic rings. The molecule has 224 valence electrons. The highest BCUT2D eigenvalue weighted by Gasteiger charge is 2.31. The molecular formula is C27H23F7N4O3S. The molecule has 0 saturated carbocycles. The summed E-state index contributed by atoms with van der Waals surface area (Å²) in [6, 6.07) is 7.69. The lowest BCUT2D eigenvalue weighted by Gasteiger charge is -2.15. The molecule has 1 unspecified atom stereocenters. The van der Waals surface area contributed by atoms with Gasteiger partial charge in [-0.25, -0.2) is 18.6 Å². The lowest BCUT2D eigenvalue weighted by molar-refractivity contribution is -0.137. The van der Waals surface area contributed by atoms with Crippen LogP contribution in [0.2, 0.25) is 0 Å².